The largest absolute Gasteiger partial charge is 0.273 e. The molecule has 1 aromatic carbocycles. The molecule has 0 aliphatic carbocycles. The third-order valence-corrected chi connectivity index (χ3v) is 4.51. The lowest BCUT2D eigenvalue weighted by Crippen LogP contribution is -2.40. The highest BCUT2D eigenvalue weighted by Crippen LogP contribution is 2.43. The highest BCUT2D eigenvalue weighted by molar-refractivity contribution is 6.44. The number of hydrogen-bond acceptors (Lipinski definition) is 5. The normalized spacial score (nSPS) is 15.9. The van der Waals surface area contributed by atoms with Gasteiger partial charge in [-0.3, -0.25) is 14.7 Å². The van der Waals surface area contributed by atoms with Crippen molar-refractivity contribution in [1.82, 2.24) is 9.97 Å². The second-order valence-electron chi connectivity index (χ2n) is 6.65. The number of aryl methyl sites for hydroxylation is 1. The number of aliphatic imine (C=N–C) groups is 2. The van der Waals surface area contributed by atoms with Gasteiger partial charge in [-0.05, 0) is 38.0 Å². The molecule has 1 amide bonds. The van der Waals surface area contributed by atoms with E-state index < -0.39 is 5.41 Å². The molecule has 3 rings (SSSR count). The number of benzene rings is 1. The number of fused-ring (bicyclic) bond motifs is 1. The van der Waals surface area contributed by atoms with Crippen LogP contribution in [-0.2, 0) is 10.2 Å². The summed E-state index contributed by atoms with van der Waals surface area (Å²) < 4.78 is 0. The fourth-order valence-electron chi connectivity index (χ4n) is 3.06. The molecule has 136 valence electrons. The summed E-state index contributed by atoms with van der Waals surface area (Å²) in [7, 11) is 0. The van der Waals surface area contributed by atoms with E-state index in [9.17, 15) is 4.79 Å². The zero-order valence-corrected chi connectivity index (χ0v) is 15.7. The van der Waals surface area contributed by atoms with Crippen LogP contribution in [0, 0.1) is 6.92 Å². The molecule has 0 saturated heterocycles. The maximum atomic E-state index is 13.2. The van der Waals surface area contributed by atoms with Gasteiger partial charge in [-0.15, -0.1) is 0 Å². The Morgan fingerprint density at radius 1 is 1.15 bits per heavy atom. The van der Waals surface area contributed by atoms with E-state index in [0.717, 1.165) is 22.4 Å². The molecule has 1 aliphatic heterocycles. The van der Waals surface area contributed by atoms with Gasteiger partial charge in [0, 0.05) is 30.4 Å². The first kappa shape index (κ1) is 18.4. The van der Waals surface area contributed by atoms with Gasteiger partial charge in [0.2, 0.25) is 5.91 Å². The van der Waals surface area contributed by atoms with Crippen LogP contribution in [0.3, 0.4) is 0 Å². The van der Waals surface area contributed by atoms with Crippen LogP contribution < -0.4 is 4.90 Å². The Bertz CT molecular complexity index is 971. The number of rotatable bonds is 4. The minimum absolute atomic E-state index is 0.0779. The van der Waals surface area contributed by atoms with Gasteiger partial charge in [0.05, 0.1) is 17.3 Å². The van der Waals surface area contributed by atoms with E-state index in [-0.39, 0.29) is 5.91 Å². The van der Waals surface area contributed by atoms with Crippen molar-refractivity contribution in [1.29, 1.82) is 0 Å². The lowest BCUT2D eigenvalue weighted by atomic mass is 9.85. The van der Waals surface area contributed by atoms with Crippen molar-refractivity contribution in [2.75, 3.05) is 4.90 Å². The molecule has 0 atom stereocenters. The Labute approximate surface area is 158 Å². The summed E-state index contributed by atoms with van der Waals surface area (Å²) in [5, 5.41) is 0. The molecule has 6 nitrogen and oxygen atoms in total. The molecule has 0 saturated carbocycles. The number of hydrogen-bond donors (Lipinski definition) is 0. The monoisotopic (exact) mass is 359 g/mol. The van der Waals surface area contributed by atoms with Gasteiger partial charge in [0.1, 0.15) is 5.82 Å². The van der Waals surface area contributed by atoms with Crippen molar-refractivity contribution >= 4 is 23.6 Å². The number of carbonyl (C=O) groups excluding carboxylic acids is 1. The molecule has 0 radical (unpaired) electrons. The van der Waals surface area contributed by atoms with E-state index in [0.29, 0.717) is 11.7 Å². The summed E-state index contributed by atoms with van der Waals surface area (Å²) in [6.07, 6.45) is 7.83. The van der Waals surface area contributed by atoms with Crippen LogP contribution in [0.4, 0.5) is 5.69 Å². The smallest absolute Gasteiger partial charge is 0.242 e. The molecule has 0 N–H and O–H groups in total. The minimum Gasteiger partial charge on any atom is -0.273 e. The van der Waals surface area contributed by atoms with E-state index in [4.69, 9.17) is 0 Å². The lowest BCUT2D eigenvalue weighted by Gasteiger charge is -2.19. The van der Waals surface area contributed by atoms with Crippen molar-refractivity contribution in [3.05, 3.63) is 67.5 Å². The first-order chi connectivity index (χ1) is 12.9. The van der Waals surface area contributed by atoms with Crippen molar-refractivity contribution in [2.24, 2.45) is 9.98 Å². The van der Waals surface area contributed by atoms with Gasteiger partial charge in [-0.2, -0.15) is 0 Å². The summed E-state index contributed by atoms with van der Waals surface area (Å²) in [4.78, 5) is 31.5. The molecule has 27 heavy (non-hydrogen) atoms. The van der Waals surface area contributed by atoms with E-state index in [2.05, 4.69) is 33.1 Å². The quantitative estimate of drug-likeness (QED) is 0.615. The Kier molecular flexibility index (Phi) is 4.81. The fourth-order valence-corrected chi connectivity index (χ4v) is 3.06. The van der Waals surface area contributed by atoms with Crippen molar-refractivity contribution in [3.63, 3.8) is 0 Å². The zero-order chi connectivity index (χ0) is 19.6. The average Bonchev–Trinajstić information content (AvgIpc) is 2.85. The third kappa shape index (κ3) is 3.21. The predicted molar refractivity (Wildman–Crippen MR) is 109 cm³/mol. The summed E-state index contributed by atoms with van der Waals surface area (Å²) in [6, 6.07) is 5.91. The number of aromatic nitrogens is 2. The lowest BCUT2D eigenvalue weighted by molar-refractivity contribution is -0.121. The van der Waals surface area contributed by atoms with E-state index in [1.807, 2.05) is 39.0 Å². The average molecular weight is 359 g/mol. The third-order valence-electron chi connectivity index (χ3n) is 4.51. The van der Waals surface area contributed by atoms with Gasteiger partial charge >= 0.3 is 0 Å². The number of carbonyl (C=O) groups is 1. The second-order valence-corrected chi connectivity index (χ2v) is 6.65. The number of nitrogens with zero attached hydrogens (tertiary/aromatic N) is 5. The summed E-state index contributed by atoms with van der Waals surface area (Å²) in [6.45, 7) is 12.9. The molecule has 0 fully saturated rings. The Hall–Kier alpha value is -3.41. The molecule has 2 heterocycles. The molecule has 0 unspecified atom stereocenters. The van der Waals surface area contributed by atoms with Crippen LogP contribution in [0.15, 0.2) is 66.1 Å². The van der Waals surface area contributed by atoms with Crippen LogP contribution >= 0.6 is 0 Å². The Morgan fingerprint density at radius 3 is 2.48 bits per heavy atom. The molecule has 0 spiro atoms. The van der Waals surface area contributed by atoms with Crippen molar-refractivity contribution in [3.8, 4) is 11.1 Å². The number of amidine groups is 1. The van der Waals surface area contributed by atoms with Gasteiger partial charge in [-0.1, -0.05) is 25.3 Å². The van der Waals surface area contributed by atoms with Gasteiger partial charge in [-0.25, -0.2) is 15.0 Å². The molecule has 2 aromatic rings. The second kappa shape index (κ2) is 7.07. The van der Waals surface area contributed by atoms with E-state index in [1.165, 1.54) is 18.6 Å². The van der Waals surface area contributed by atoms with Crippen LogP contribution in [0.1, 0.15) is 25.2 Å². The van der Waals surface area contributed by atoms with E-state index >= 15 is 0 Å². The van der Waals surface area contributed by atoms with Crippen LogP contribution in [-0.4, -0.2) is 27.9 Å². The summed E-state index contributed by atoms with van der Waals surface area (Å²) >= 11 is 0. The van der Waals surface area contributed by atoms with Crippen LogP contribution in [0.25, 0.3) is 11.1 Å². The van der Waals surface area contributed by atoms with Gasteiger partial charge in [0.15, 0.2) is 5.84 Å². The number of anilines is 1. The first-order valence-corrected chi connectivity index (χ1v) is 8.51. The predicted octanol–water partition coefficient (Wildman–Crippen LogP) is 3.83. The standard InChI is InChI=1S/C21H21N5O/c1-6-22-13-19(23-7-2)26-18-10-15(16-11-24-14(3)25-12-16)8-9-17(18)21(4,5)20(26)27/h6-13H,1-2H2,3-5H3/b22-13-,23-19+. The molecular weight excluding hydrogens is 338 g/mol. The molecule has 0 bridgehead atoms. The van der Waals surface area contributed by atoms with Gasteiger partial charge in [0.25, 0.3) is 0 Å². The molecule has 1 aromatic heterocycles. The molecule has 6 heteroatoms. The highest BCUT2D eigenvalue weighted by Gasteiger charge is 2.45. The number of amides is 1. The highest BCUT2D eigenvalue weighted by atomic mass is 16.2. The fraction of sp³-hybridized carbons (Fsp3) is 0.190. The zero-order valence-electron chi connectivity index (χ0n) is 15.7. The SMILES string of the molecule is C=C/N=C\C(=N/C=C)N1C(=O)C(C)(C)c2ccc(-c3cnc(C)nc3)cc21. The Balaban J connectivity index is 2.18. The van der Waals surface area contributed by atoms with Crippen molar-refractivity contribution < 1.29 is 4.79 Å². The topological polar surface area (TPSA) is 70.8 Å². The Morgan fingerprint density at radius 2 is 1.85 bits per heavy atom. The first-order valence-electron chi connectivity index (χ1n) is 8.51. The van der Waals surface area contributed by atoms with Gasteiger partial charge < -0.3 is 0 Å². The van der Waals surface area contributed by atoms with Crippen LogP contribution in [0.2, 0.25) is 0 Å². The maximum absolute atomic E-state index is 13.2. The minimum atomic E-state index is -0.679. The molecular formula is C21H21N5O. The van der Waals surface area contributed by atoms with E-state index in [1.54, 1.807) is 17.3 Å². The summed E-state index contributed by atoms with van der Waals surface area (Å²) in [5.41, 5.74) is 2.80. The van der Waals surface area contributed by atoms with Crippen LogP contribution in [0.5, 0.6) is 0 Å². The maximum Gasteiger partial charge on any atom is 0.242 e. The van der Waals surface area contributed by atoms with Crippen molar-refractivity contribution in [2.45, 2.75) is 26.2 Å². The summed E-state index contributed by atoms with van der Waals surface area (Å²) in [5.74, 6) is 1.02. The molecule has 1 aliphatic rings.